The van der Waals surface area contributed by atoms with Crippen molar-refractivity contribution < 1.29 is 24.5 Å². The van der Waals surface area contributed by atoms with E-state index < -0.39 is 12.1 Å². The van der Waals surface area contributed by atoms with Crippen LogP contribution in [0.1, 0.15) is 47.2 Å². The normalized spacial score (nSPS) is 25.7. The third-order valence-corrected chi connectivity index (χ3v) is 8.47. The Morgan fingerprint density at radius 3 is 2.92 bits per heavy atom. The monoisotopic (exact) mass is 511 g/mol. The van der Waals surface area contributed by atoms with Crippen molar-refractivity contribution in [3.05, 3.63) is 70.8 Å². The van der Waals surface area contributed by atoms with Crippen molar-refractivity contribution in [3.63, 3.8) is 0 Å². The van der Waals surface area contributed by atoms with Crippen LogP contribution in [-0.4, -0.2) is 55.2 Å². The quantitative estimate of drug-likeness (QED) is 0.379. The van der Waals surface area contributed by atoms with Crippen molar-refractivity contribution in [1.82, 2.24) is 0 Å². The third-order valence-electron chi connectivity index (χ3n) is 8.23. The van der Waals surface area contributed by atoms with Gasteiger partial charge in [0.1, 0.15) is 5.75 Å². The summed E-state index contributed by atoms with van der Waals surface area (Å²) in [5.41, 5.74) is 3.39. The molecule has 36 heavy (non-hydrogen) atoms. The SMILES string of the molecule is C=CCOC[C@@H](O)[C@@H]1CC[C@H]1CN1CC2(CCCc3cc(Cl)ccc32)COc2ccc(C(=O)O)cc21. The minimum absolute atomic E-state index is 0.151. The summed E-state index contributed by atoms with van der Waals surface area (Å²) in [5, 5.41) is 21.2. The number of benzene rings is 2. The molecule has 0 amide bonds. The smallest absolute Gasteiger partial charge is 0.335 e. The number of nitrogens with zero attached hydrogens (tertiary/aromatic N) is 1. The molecule has 1 fully saturated rings. The number of carboxylic acids is 1. The van der Waals surface area contributed by atoms with Gasteiger partial charge < -0.3 is 24.6 Å². The summed E-state index contributed by atoms with van der Waals surface area (Å²) in [4.78, 5) is 14.1. The minimum atomic E-state index is -0.953. The highest BCUT2D eigenvalue weighted by molar-refractivity contribution is 6.30. The van der Waals surface area contributed by atoms with Gasteiger partial charge in [-0.25, -0.2) is 4.79 Å². The van der Waals surface area contributed by atoms with Gasteiger partial charge in [-0.05, 0) is 85.4 Å². The molecule has 3 aliphatic rings. The van der Waals surface area contributed by atoms with Gasteiger partial charge in [0.25, 0.3) is 0 Å². The van der Waals surface area contributed by atoms with Crippen LogP contribution in [0.5, 0.6) is 5.75 Å². The molecule has 2 aromatic carbocycles. The number of ether oxygens (including phenoxy) is 2. The Bertz CT molecular complexity index is 1140. The fourth-order valence-corrected chi connectivity index (χ4v) is 6.45. The van der Waals surface area contributed by atoms with Gasteiger partial charge in [0.05, 0.1) is 37.2 Å². The van der Waals surface area contributed by atoms with E-state index in [0.717, 1.165) is 55.9 Å². The van der Waals surface area contributed by atoms with Crippen LogP contribution in [0.2, 0.25) is 5.02 Å². The minimum Gasteiger partial charge on any atom is -0.490 e. The van der Waals surface area contributed by atoms with Gasteiger partial charge in [0, 0.05) is 23.5 Å². The fourth-order valence-electron chi connectivity index (χ4n) is 6.25. The maximum absolute atomic E-state index is 11.8. The summed E-state index contributed by atoms with van der Waals surface area (Å²) in [6.07, 6.45) is 6.18. The van der Waals surface area contributed by atoms with Gasteiger partial charge >= 0.3 is 5.97 Å². The van der Waals surface area contributed by atoms with Crippen LogP contribution >= 0.6 is 11.6 Å². The van der Waals surface area contributed by atoms with Crippen LogP contribution in [0.3, 0.4) is 0 Å². The number of halogens is 1. The number of carboxylic acid groups (broad SMARTS) is 1. The van der Waals surface area contributed by atoms with E-state index >= 15 is 0 Å². The molecule has 0 bridgehead atoms. The lowest BCUT2D eigenvalue weighted by molar-refractivity contribution is -0.0367. The van der Waals surface area contributed by atoms with Crippen LogP contribution < -0.4 is 9.64 Å². The molecule has 0 aromatic heterocycles. The van der Waals surface area contributed by atoms with Crippen molar-refractivity contribution in [2.24, 2.45) is 11.8 Å². The highest BCUT2D eigenvalue weighted by Gasteiger charge is 2.44. The second-order valence-corrected chi connectivity index (χ2v) is 10.9. The number of aliphatic hydroxyl groups is 1. The molecule has 2 aliphatic carbocycles. The predicted octanol–water partition coefficient (Wildman–Crippen LogP) is 5.10. The molecule has 4 atom stereocenters. The van der Waals surface area contributed by atoms with Crippen LogP contribution in [0, 0.1) is 11.8 Å². The summed E-state index contributed by atoms with van der Waals surface area (Å²) >= 11 is 6.33. The average molecular weight is 512 g/mol. The molecule has 1 aliphatic heterocycles. The molecule has 1 spiro atoms. The first-order valence-electron chi connectivity index (χ1n) is 12.8. The van der Waals surface area contributed by atoms with Crippen LogP contribution in [0.15, 0.2) is 49.1 Å². The second kappa shape index (κ2) is 10.4. The van der Waals surface area contributed by atoms with Gasteiger partial charge in [-0.3, -0.25) is 0 Å². The van der Waals surface area contributed by atoms with E-state index in [1.54, 1.807) is 24.3 Å². The zero-order chi connectivity index (χ0) is 25.3. The molecule has 1 unspecified atom stereocenters. The Labute approximate surface area is 217 Å². The Kier molecular flexibility index (Phi) is 7.29. The number of fused-ring (bicyclic) bond motifs is 3. The first kappa shape index (κ1) is 25.1. The van der Waals surface area contributed by atoms with Crippen molar-refractivity contribution in [2.45, 2.75) is 43.6 Å². The number of rotatable bonds is 8. The van der Waals surface area contributed by atoms with Gasteiger partial charge in [-0.2, -0.15) is 0 Å². The van der Waals surface area contributed by atoms with Crippen molar-refractivity contribution in [2.75, 3.05) is 37.8 Å². The summed E-state index contributed by atoms with van der Waals surface area (Å²) < 4.78 is 11.9. The van der Waals surface area contributed by atoms with Gasteiger partial charge in [0.2, 0.25) is 0 Å². The van der Waals surface area contributed by atoms with E-state index in [2.05, 4.69) is 23.6 Å². The van der Waals surface area contributed by atoms with Crippen LogP contribution in [0.25, 0.3) is 0 Å². The summed E-state index contributed by atoms with van der Waals surface area (Å²) in [6.45, 7) is 6.38. The average Bonchev–Trinajstić information content (AvgIpc) is 2.99. The topological polar surface area (TPSA) is 79.2 Å². The molecule has 6 nitrogen and oxygen atoms in total. The molecule has 1 heterocycles. The molecule has 2 aromatic rings. The van der Waals surface area contributed by atoms with E-state index in [1.165, 1.54) is 11.1 Å². The molecule has 0 saturated heterocycles. The predicted molar refractivity (Wildman–Crippen MR) is 140 cm³/mol. The number of aliphatic hydroxyl groups excluding tert-OH is 1. The number of hydrogen-bond acceptors (Lipinski definition) is 5. The highest BCUT2D eigenvalue weighted by atomic mass is 35.5. The molecule has 5 rings (SSSR count). The third kappa shape index (κ3) is 4.86. The Hall–Kier alpha value is -2.54. The maximum Gasteiger partial charge on any atom is 0.335 e. The highest BCUT2D eigenvalue weighted by Crippen LogP contribution is 2.46. The van der Waals surface area contributed by atoms with Crippen LogP contribution in [-0.2, 0) is 16.6 Å². The number of hydrogen-bond donors (Lipinski definition) is 2. The molecule has 192 valence electrons. The summed E-state index contributed by atoms with van der Waals surface area (Å²) in [5.74, 6) is 0.199. The zero-order valence-corrected chi connectivity index (χ0v) is 21.3. The summed E-state index contributed by atoms with van der Waals surface area (Å²) in [6, 6.07) is 11.3. The molecular weight excluding hydrogens is 478 g/mol. The van der Waals surface area contributed by atoms with E-state index in [9.17, 15) is 15.0 Å². The number of aryl methyl sites for hydroxylation is 1. The Morgan fingerprint density at radius 2 is 2.17 bits per heavy atom. The van der Waals surface area contributed by atoms with E-state index in [0.29, 0.717) is 25.6 Å². The van der Waals surface area contributed by atoms with Crippen molar-refractivity contribution >= 4 is 23.3 Å². The van der Waals surface area contributed by atoms with Gasteiger partial charge in [-0.1, -0.05) is 23.7 Å². The largest absolute Gasteiger partial charge is 0.490 e. The van der Waals surface area contributed by atoms with Gasteiger partial charge in [-0.15, -0.1) is 6.58 Å². The van der Waals surface area contributed by atoms with E-state index in [-0.39, 0.29) is 22.8 Å². The summed E-state index contributed by atoms with van der Waals surface area (Å²) in [7, 11) is 0. The molecule has 1 saturated carbocycles. The molecule has 7 heteroatoms. The zero-order valence-electron chi connectivity index (χ0n) is 20.5. The van der Waals surface area contributed by atoms with E-state index in [1.807, 2.05) is 6.07 Å². The lowest BCUT2D eigenvalue weighted by Crippen LogP contribution is -2.50. The van der Waals surface area contributed by atoms with Gasteiger partial charge in [0.15, 0.2) is 0 Å². The van der Waals surface area contributed by atoms with Crippen molar-refractivity contribution in [3.8, 4) is 5.75 Å². The molecule has 0 radical (unpaired) electrons. The van der Waals surface area contributed by atoms with Crippen molar-refractivity contribution in [1.29, 1.82) is 0 Å². The first-order chi connectivity index (χ1) is 17.4. The molecular formula is C29H34ClNO5. The number of aromatic carboxylic acids is 1. The maximum atomic E-state index is 11.8. The second-order valence-electron chi connectivity index (χ2n) is 10.5. The lowest BCUT2D eigenvalue weighted by Gasteiger charge is -2.45. The first-order valence-corrected chi connectivity index (χ1v) is 13.2. The molecule has 2 N–H and O–H groups in total. The number of carbonyl (C=O) groups is 1. The lowest BCUT2D eigenvalue weighted by atomic mass is 9.68. The fraction of sp³-hybridized carbons (Fsp3) is 0.483. The number of anilines is 1. The Morgan fingerprint density at radius 1 is 1.31 bits per heavy atom. The van der Waals surface area contributed by atoms with E-state index in [4.69, 9.17) is 21.1 Å². The standard InChI is InChI=1S/C29H34ClNO5/c1-2-12-35-16-26(32)23-8-5-21(23)15-31-17-29(11-3-4-19-13-22(30)7-9-24(19)29)18-36-27-10-6-20(28(33)34)14-25(27)31/h2,6-7,9-10,13-14,21,23,26,32H,1,3-5,8,11-12,15-18H2,(H,33,34)/t21-,23+,26+,29?/m0/s1. The Balaban J connectivity index is 1.47. The van der Waals surface area contributed by atoms with Crippen LogP contribution in [0.4, 0.5) is 5.69 Å².